The third-order valence-electron chi connectivity index (χ3n) is 3.29. The minimum atomic E-state index is -1.20. The zero-order chi connectivity index (χ0) is 17.5. The van der Waals surface area contributed by atoms with E-state index in [1.165, 1.54) is 6.08 Å². The number of carbonyl (C=O) groups excluding carboxylic acids is 1. The van der Waals surface area contributed by atoms with Crippen molar-refractivity contribution < 1.29 is 19.4 Å². The molecule has 0 aromatic heterocycles. The Labute approximate surface area is 140 Å². The fraction of sp³-hybridized carbons (Fsp3) is 0.158. The van der Waals surface area contributed by atoms with Crippen molar-refractivity contribution in [2.24, 2.45) is 0 Å². The standard InChI is InChI=1S/C19H19NO4/c1-3-24-16-10-6-14(7-11-16)12-17(19(22)23)20-18(21)15-8-4-13(2)5-9-15/h4-12H,3H2,1-2H3,(H,20,21)(H,22,23)/b17-12+. The van der Waals surface area contributed by atoms with Gasteiger partial charge >= 0.3 is 5.97 Å². The Morgan fingerprint density at radius 2 is 1.71 bits per heavy atom. The fourth-order valence-corrected chi connectivity index (χ4v) is 2.04. The highest BCUT2D eigenvalue weighted by molar-refractivity contribution is 6.02. The number of ether oxygens (including phenoxy) is 1. The van der Waals surface area contributed by atoms with Crippen LogP contribution >= 0.6 is 0 Å². The average Bonchev–Trinajstić information content (AvgIpc) is 2.56. The first-order valence-corrected chi connectivity index (χ1v) is 7.55. The van der Waals surface area contributed by atoms with Crippen molar-refractivity contribution in [2.45, 2.75) is 13.8 Å². The summed E-state index contributed by atoms with van der Waals surface area (Å²) in [6, 6.07) is 13.9. The molecule has 0 heterocycles. The molecule has 0 bridgehead atoms. The molecule has 2 rings (SSSR count). The fourth-order valence-electron chi connectivity index (χ4n) is 2.04. The van der Waals surface area contributed by atoms with E-state index in [4.69, 9.17) is 4.74 Å². The zero-order valence-electron chi connectivity index (χ0n) is 13.6. The van der Waals surface area contributed by atoms with Crippen LogP contribution in [-0.2, 0) is 4.79 Å². The van der Waals surface area contributed by atoms with Crippen molar-refractivity contribution in [3.63, 3.8) is 0 Å². The Morgan fingerprint density at radius 1 is 1.08 bits per heavy atom. The van der Waals surface area contributed by atoms with Crippen molar-refractivity contribution in [1.82, 2.24) is 5.32 Å². The molecule has 0 aliphatic carbocycles. The van der Waals surface area contributed by atoms with E-state index >= 15 is 0 Å². The molecular formula is C19H19NO4. The maximum absolute atomic E-state index is 12.2. The Morgan fingerprint density at radius 3 is 2.25 bits per heavy atom. The predicted octanol–water partition coefficient (Wildman–Crippen LogP) is 3.25. The highest BCUT2D eigenvalue weighted by atomic mass is 16.5. The van der Waals surface area contributed by atoms with E-state index in [1.807, 2.05) is 13.8 Å². The molecule has 0 spiro atoms. The number of hydrogen-bond donors (Lipinski definition) is 2. The van der Waals surface area contributed by atoms with Gasteiger partial charge in [-0.15, -0.1) is 0 Å². The van der Waals surface area contributed by atoms with E-state index in [9.17, 15) is 14.7 Å². The van der Waals surface area contributed by atoms with Crippen LogP contribution in [0, 0.1) is 6.92 Å². The molecule has 5 nitrogen and oxygen atoms in total. The third kappa shape index (κ3) is 4.71. The first-order chi connectivity index (χ1) is 11.5. The number of carboxylic acid groups (broad SMARTS) is 1. The van der Waals surface area contributed by atoms with E-state index in [0.717, 1.165) is 5.56 Å². The van der Waals surface area contributed by atoms with Gasteiger partial charge in [0.2, 0.25) is 0 Å². The Bertz CT molecular complexity index is 746. The van der Waals surface area contributed by atoms with Crippen LogP contribution in [0.4, 0.5) is 0 Å². The second kappa shape index (κ2) is 7.97. The minimum absolute atomic E-state index is 0.190. The summed E-state index contributed by atoms with van der Waals surface area (Å²) in [6.07, 6.45) is 1.41. The van der Waals surface area contributed by atoms with E-state index < -0.39 is 11.9 Å². The van der Waals surface area contributed by atoms with Gasteiger partial charge in [0.25, 0.3) is 5.91 Å². The predicted molar refractivity (Wildman–Crippen MR) is 91.9 cm³/mol. The van der Waals surface area contributed by atoms with Crippen LogP contribution in [0.3, 0.4) is 0 Å². The van der Waals surface area contributed by atoms with Crippen LogP contribution in [-0.4, -0.2) is 23.6 Å². The van der Waals surface area contributed by atoms with Gasteiger partial charge in [-0.3, -0.25) is 4.79 Å². The number of hydrogen-bond acceptors (Lipinski definition) is 3. The number of benzene rings is 2. The van der Waals surface area contributed by atoms with Gasteiger partial charge in [-0.25, -0.2) is 4.79 Å². The summed E-state index contributed by atoms with van der Waals surface area (Å²) < 4.78 is 5.34. The normalized spacial score (nSPS) is 11.0. The molecular weight excluding hydrogens is 306 g/mol. The summed E-state index contributed by atoms with van der Waals surface area (Å²) in [7, 11) is 0. The lowest BCUT2D eigenvalue weighted by atomic mass is 10.1. The monoisotopic (exact) mass is 325 g/mol. The second-order valence-corrected chi connectivity index (χ2v) is 5.19. The summed E-state index contributed by atoms with van der Waals surface area (Å²) >= 11 is 0. The molecule has 2 aromatic rings. The molecule has 0 atom stereocenters. The summed E-state index contributed by atoms with van der Waals surface area (Å²) in [4.78, 5) is 23.6. The van der Waals surface area contributed by atoms with E-state index in [0.29, 0.717) is 23.5 Å². The van der Waals surface area contributed by atoms with Crippen LogP contribution < -0.4 is 10.1 Å². The maximum Gasteiger partial charge on any atom is 0.352 e. The van der Waals surface area contributed by atoms with E-state index in [2.05, 4.69) is 5.32 Å². The van der Waals surface area contributed by atoms with Crippen molar-refractivity contribution in [2.75, 3.05) is 6.61 Å². The zero-order valence-corrected chi connectivity index (χ0v) is 13.6. The topological polar surface area (TPSA) is 75.6 Å². The first kappa shape index (κ1) is 17.3. The molecule has 1 amide bonds. The molecule has 0 saturated heterocycles. The lowest BCUT2D eigenvalue weighted by Gasteiger charge is -2.07. The molecule has 0 aliphatic heterocycles. The molecule has 24 heavy (non-hydrogen) atoms. The smallest absolute Gasteiger partial charge is 0.352 e. The number of amides is 1. The molecule has 0 fully saturated rings. The number of carbonyl (C=O) groups is 2. The van der Waals surface area contributed by atoms with Crippen molar-refractivity contribution in [3.05, 3.63) is 70.9 Å². The quantitative estimate of drug-likeness (QED) is 0.799. The minimum Gasteiger partial charge on any atom is -0.494 e. The SMILES string of the molecule is CCOc1ccc(/C=C(/NC(=O)c2ccc(C)cc2)C(=O)O)cc1. The second-order valence-electron chi connectivity index (χ2n) is 5.19. The maximum atomic E-state index is 12.2. The van der Waals surface area contributed by atoms with Gasteiger partial charge in [-0.2, -0.15) is 0 Å². The van der Waals surface area contributed by atoms with Crippen LogP contribution in [0.2, 0.25) is 0 Å². The first-order valence-electron chi connectivity index (χ1n) is 7.55. The van der Waals surface area contributed by atoms with Gasteiger partial charge in [-0.05, 0) is 49.8 Å². The molecule has 124 valence electrons. The third-order valence-corrected chi connectivity index (χ3v) is 3.29. The Kier molecular flexibility index (Phi) is 5.73. The van der Waals surface area contributed by atoms with Crippen LogP contribution in [0.1, 0.15) is 28.4 Å². The number of nitrogens with one attached hydrogen (secondary N) is 1. The molecule has 0 saturated carbocycles. The molecule has 2 N–H and O–H groups in total. The number of carboxylic acids is 1. The van der Waals surface area contributed by atoms with Gasteiger partial charge < -0.3 is 15.2 Å². The van der Waals surface area contributed by atoms with Gasteiger partial charge in [-0.1, -0.05) is 29.8 Å². The lowest BCUT2D eigenvalue weighted by molar-refractivity contribution is -0.132. The largest absolute Gasteiger partial charge is 0.494 e. The molecule has 0 radical (unpaired) electrons. The Balaban J connectivity index is 2.17. The summed E-state index contributed by atoms with van der Waals surface area (Å²) in [5.41, 5.74) is 1.89. The van der Waals surface area contributed by atoms with E-state index in [-0.39, 0.29) is 5.70 Å². The number of aryl methyl sites for hydroxylation is 1. The van der Waals surface area contributed by atoms with E-state index in [1.54, 1.807) is 48.5 Å². The van der Waals surface area contributed by atoms with Crippen LogP contribution in [0.15, 0.2) is 54.2 Å². The molecule has 5 heteroatoms. The number of rotatable bonds is 6. The van der Waals surface area contributed by atoms with Gasteiger partial charge in [0.1, 0.15) is 11.4 Å². The molecule has 0 unspecified atom stereocenters. The van der Waals surface area contributed by atoms with Gasteiger partial charge in [0, 0.05) is 5.56 Å². The van der Waals surface area contributed by atoms with Gasteiger partial charge in [0.15, 0.2) is 0 Å². The Hall–Kier alpha value is -3.08. The molecule has 0 aliphatic rings. The van der Waals surface area contributed by atoms with Gasteiger partial charge in [0.05, 0.1) is 6.61 Å². The van der Waals surface area contributed by atoms with Crippen molar-refractivity contribution in [3.8, 4) is 5.75 Å². The highest BCUT2D eigenvalue weighted by Crippen LogP contribution is 2.14. The highest BCUT2D eigenvalue weighted by Gasteiger charge is 2.13. The average molecular weight is 325 g/mol. The van der Waals surface area contributed by atoms with Crippen molar-refractivity contribution in [1.29, 1.82) is 0 Å². The summed E-state index contributed by atoms with van der Waals surface area (Å²) in [5.74, 6) is -0.964. The number of aliphatic carboxylic acids is 1. The molecule has 2 aromatic carbocycles. The van der Waals surface area contributed by atoms with Crippen LogP contribution in [0.25, 0.3) is 6.08 Å². The van der Waals surface area contributed by atoms with Crippen LogP contribution in [0.5, 0.6) is 5.75 Å². The summed E-state index contributed by atoms with van der Waals surface area (Å²) in [6.45, 7) is 4.36. The lowest BCUT2D eigenvalue weighted by Crippen LogP contribution is -2.27. The summed E-state index contributed by atoms with van der Waals surface area (Å²) in [5, 5.41) is 11.7. The van der Waals surface area contributed by atoms with Crippen molar-refractivity contribution >= 4 is 18.0 Å².